The molecule has 3 aliphatic heterocycles. The number of ether oxygens (including phenoxy) is 3. The molecular formula is C27H35FN6O3. The van der Waals surface area contributed by atoms with Crippen LogP contribution in [0, 0.1) is 6.92 Å². The van der Waals surface area contributed by atoms with E-state index in [9.17, 15) is 4.39 Å². The molecule has 6 rings (SSSR count). The summed E-state index contributed by atoms with van der Waals surface area (Å²) in [6.07, 6.45) is 5.15. The van der Waals surface area contributed by atoms with Crippen LogP contribution in [0.3, 0.4) is 0 Å². The molecule has 0 amide bonds. The predicted octanol–water partition coefficient (Wildman–Crippen LogP) is 3.62. The fourth-order valence-corrected chi connectivity index (χ4v) is 5.64. The number of likely N-dealkylation sites (tertiary alicyclic amines) is 1. The second-order valence-electron chi connectivity index (χ2n) is 10.5. The molecule has 0 radical (unpaired) electrons. The van der Waals surface area contributed by atoms with Crippen LogP contribution in [0.5, 0.6) is 6.01 Å². The molecule has 2 aromatic heterocycles. The van der Waals surface area contributed by atoms with Gasteiger partial charge in [-0.1, -0.05) is 0 Å². The van der Waals surface area contributed by atoms with E-state index in [0.29, 0.717) is 12.4 Å². The van der Waals surface area contributed by atoms with Gasteiger partial charge in [0, 0.05) is 49.8 Å². The highest BCUT2D eigenvalue weighted by Gasteiger charge is 2.33. The Morgan fingerprint density at radius 3 is 2.65 bits per heavy atom. The Bertz CT molecular complexity index is 1260. The SMILES string of the molecule is COc1nc(N2CC(OC3CCCCO3)C2)cc(-n2cc3cc(C)c([C@@H]4CCN(C)C[C@@H]4F)cc3n2)n1. The lowest BCUT2D eigenvalue weighted by atomic mass is 9.85. The summed E-state index contributed by atoms with van der Waals surface area (Å²) in [5.74, 6) is 1.30. The molecule has 3 aliphatic rings. The Morgan fingerprint density at radius 2 is 1.89 bits per heavy atom. The summed E-state index contributed by atoms with van der Waals surface area (Å²) in [5.41, 5.74) is 2.97. The average molecular weight is 511 g/mol. The lowest BCUT2D eigenvalue weighted by Crippen LogP contribution is -2.54. The zero-order valence-corrected chi connectivity index (χ0v) is 21.8. The molecule has 10 heteroatoms. The van der Waals surface area contributed by atoms with Crippen LogP contribution in [-0.2, 0) is 9.47 Å². The van der Waals surface area contributed by atoms with Crippen molar-refractivity contribution in [3.8, 4) is 11.8 Å². The highest BCUT2D eigenvalue weighted by molar-refractivity contribution is 5.80. The fraction of sp³-hybridized carbons (Fsp3) is 0.593. The minimum absolute atomic E-state index is 0.0940. The normalized spacial score (nSPS) is 25.4. The third-order valence-electron chi connectivity index (χ3n) is 7.79. The molecule has 5 heterocycles. The molecule has 3 saturated heterocycles. The van der Waals surface area contributed by atoms with Crippen LogP contribution in [-0.4, -0.2) is 90.2 Å². The lowest BCUT2D eigenvalue weighted by Gasteiger charge is -2.41. The van der Waals surface area contributed by atoms with Gasteiger partial charge in [-0.15, -0.1) is 0 Å². The summed E-state index contributed by atoms with van der Waals surface area (Å²) in [6.45, 7) is 5.68. The van der Waals surface area contributed by atoms with Gasteiger partial charge in [-0.05, 0) is 69.5 Å². The number of anilines is 1. The summed E-state index contributed by atoms with van der Waals surface area (Å²) >= 11 is 0. The van der Waals surface area contributed by atoms with Crippen LogP contribution < -0.4 is 9.64 Å². The number of hydrogen-bond donors (Lipinski definition) is 0. The van der Waals surface area contributed by atoms with E-state index in [1.165, 1.54) is 0 Å². The van der Waals surface area contributed by atoms with E-state index >= 15 is 0 Å². The van der Waals surface area contributed by atoms with E-state index in [1.807, 2.05) is 25.4 Å². The molecule has 0 aliphatic carbocycles. The quantitative estimate of drug-likeness (QED) is 0.498. The van der Waals surface area contributed by atoms with Crippen molar-refractivity contribution >= 4 is 16.7 Å². The summed E-state index contributed by atoms with van der Waals surface area (Å²) in [5, 5.41) is 5.80. The monoisotopic (exact) mass is 510 g/mol. The molecule has 0 N–H and O–H groups in total. The molecule has 0 spiro atoms. The van der Waals surface area contributed by atoms with Crippen molar-refractivity contribution < 1.29 is 18.6 Å². The third kappa shape index (κ3) is 5.02. The number of nitrogens with zero attached hydrogens (tertiary/aromatic N) is 6. The summed E-state index contributed by atoms with van der Waals surface area (Å²) in [6, 6.07) is 6.36. The molecule has 3 fully saturated rings. The highest BCUT2D eigenvalue weighted by Crippen LogP contribution is 2.34. The largest absolute Gasteiger partial charge is 0.467 e. The molecule has 3 atom stereocenters. The second kappa shape index (κ2) is 10.2. The first kappa shape index (κ1) is 24.5. The number of piperidine rings is 1. The molecule has 3 aromatic rings. The van der Waals surface area contributed by atoms with Crippen molar-refractivity contribution in [2.75, 3.05) is 51.8 Å². The van der Waals surface area contributed by atoms with E-state index < -0.39 is 6.17 Å². The van der Waals surface area contributed by atoms with Crippen LogP contribution in [0.2, 0.25) is 0 Å². The zero-order valence-electron chi connectivity index (χ0n) is 21.8. The smallest absolute Gasteiger partial charge is 0.320 e. The number of aryl methyl sites for hydroxylation is 1. The average Bonchev–Trinajstić information content (AvgIpc) is 3.29. The lowest BCUT2D eigenvalue weighted by molar-refractivity contribution is -0.191. The van der Waals surface area contributed by atoms with Gasteiger partial charge in [0.15, 0.2) is 12.1 Å². The highest BCUT2D eigenvalue weighted by atomic mass is 19.1. The number of hydrogen-bond acceptors (Lipinski definition) is 8. The van der Waals surface area contributed by atoms with Crippen LogP contribution in [0.1, 0.15) is 42.7 Å². The Morgan fingerprint density at radius 1 is 1.05 bits per heavy atom. The number of methoxy groups -OCH3 is 1. The van der Waals surface area contributed by atoms with Crippen molar-refractivity contribution in [3.63, 3.8) is 0 Å². The Hall–Kier alpha value is -2.82. The van der Waals surface area contributed by atoms with Crippen LogP contribution >= 0.6 is 0 Å². The van der Waals surface area contributed by atoms with Gasteiger partial charge < -0.3 is 24.0 Å². The summed E-state index contributed by atoms with van der Waals surface area (Å²) < 4.78 is 33.9. The Labute approximate surface area is 216 Å². The van der Waals surface area contributed by atoms with Crippen molar-refractivity contribution in [1.29, 1.82) is 0 Å². The molecule has 0 bridgehead atoms. The van der Waals surface area contributed by atoms with Gasteiger partial charge in [0.05, 0.1) is 18.7 Å². The number of aromatic nitrogens is 4. The van der Waals surface area contributed by atoms with Crippen LogP contribution in [0.25, 0.3) is 16.7 Å². The first-order valence-electron chi connectivity index (χ1n) is 13.2. The summed E-state index contributed by atoms with van der Waals surface area (Å²) in [7, 11) is 3.54. The molecule has 9 nitrogen and oxygen atoms in total. The van der Waals surface area contributed by atoms with E-state index in [-0.39, 0.29) is 24.3 Å². The minimum Gasteiger partial charge on any atom is -0.467 e. The van der Waals surface area contributed by atoms with E-state index in [0.717, 1.165) is 79.8 Å². The van der Waals surface area contributed by atoms with E-state index in [4.69, 9.17) is 19.3 Å². The van der Waals surface area contributed by atoms with Gasteiger partial charge in [-0.2, -0.15) is 15.1 Å². The number of alkyl halides is 1. The minimum atomic E-state index is -0.875. The number of halogens is 1. The van der Waals surface area contributed by atoms with Gasteiger partial charge in [0.25, 0.3) is 0 Å². The van der Waals surface area contributed by atoms with Crippen molar-refractivity contribution in [2.45, 2.75) is 57.1 Å². The second-order valence-corrected chi connectivity index (χ2v) is 10.5. The molecular weight excluding hydrogens is 475 g/mol. The third-order valence-corrected chi connectivity index (χ3v) is 7.79. The predicted molar refractivity (Wildman–Crippen MR) is 138 cm³/mol. The zero-order chi connectivity index (χ0) is 25.5. The maximum absolute atomic E-state index is 14.9. The van der Waals surface area contributed by atoms with Crippen LogP contribution in [0.15, 0.2) is 24.4 Å². The molecule has 1 aromatic carbocycles. The van der Waals surface area contributed by atoms with Crippen LogP contribution in [0.4, 0.5) is 10.2 Å². The molecule has 37 heavy (non-hydrogen) atoms. The first-order chi connectivity index (χ1) is 18.0. The van der Waals surface area contributed by atoms with Gasteiger partial charge >= 0.3 is 6.01 Å². The number of fused-ring (bicyclic) bond motifs is 1. The topological polar surface area (TPSA) is 77.8 Å². The van der Waals surface area contributed by atoms with Crippen molar-refractivity contribution in [3.05, 3.63) is 35.5 Å². The maximum atomic E-state index is 14.9. The van der Waals surface area contributed by atoms with Crippen molar-refractivity contribution in [2.24, 2.45) is 0 Å². The van der Waals surface area contributed by atoms with E-state index in [1.54, 1.807) is 11.8 Å². The fourth-order valence-electron chi connectivity index (χ4n) is 5.64. The van der Waals surface area contributed by atoms with Gasteiger partial charge in [0.1, 0.15) is 12.0 Å². The molecule has 198 valence electrons. The maximum Gasteiger partial charge on any atom is 0.320 e. The Kier molecular flexibility index (Phi) is 6.73. The first-order valence-corrected chi connectivity index (χ1v) is 13.2. The van der Waals surface area contributed by atoms with E-state index in [2.05, 4.69) is 32.8 Å². The van der Waals surface area contributed by atoms with Gasteiger partial charge in [0.2, 0.25) is 0 Å². The molecule has 1 unspecified atom stereocenters. The standard InChI is InChI=1S/C27H35FN6O3/c1-17-10-18-13-34(31-23(18)11-21(17)20-7-8-32(2)16-22(20)28)25-12-24(29-27(30-25)35-3)33-14-19(15-33)37-26-6-4-5-9-36-26/h10-13,19-20,22,26H,4-9,14-16H2,1-3H3/t20-,22-,26?/m0/s1. The molecule has 0 saturated carbocycles. The number of rotatable bonds is 6. The van der Waals surface area contributed by atoms with Gasteiger partial charge in [-0.25, -0.2) is 9.07 Å². The Balaban J connectivity index is 1.22. The number of benzene rings is 1. The van der Waals surface area contributed by atoms with Crippen molar-refractivity contribution in [1.82, 2.24) is 24.6 Å². The summed E-state index contributed by atoms with van der Waals surface area (Å²) in [4.78, 5) is 13.3. The van der Waals surface area contributed by atoms with Gasteiger partial charge in [-0.3, -0.25) is 0 Å².